The predicted molar refractivity (Wildman–Crippen MR) is 84.7 cm³/mol. The summed E-state index contributed by atoms with van der Waals surface area (Å²) in [5.41, 5.74) is 3.28. The number of thioether (sulfide) groups is 1. The molecular weight excluding hydrogens is 266 g/mol. The van der Waals surface area contributed by atoms with Crippen molar-refractivity contribution in [2.45, 2.75) is 17.7 Å². The van der Waals surface area contributed by atoms with Gasteiger partial charge in [0.05, 0.1) is 5.75 Å². The molecule has 0 unspecified atom stereocenters. The summed E-state index contributed by atoms with van der Waals surface area (Å²) in [6.45, 7) is 1.03. The van der Waals surface area contributed by atoms with Gasteiger partial charge in [0.25, 0.3) is 0 Å². The molecule has 3 rings (SSSR count). The second-order valence-electron chi connectivity index (χ2n) is 4.93. The third-order valence-corrected chi connectivity index (χ3v) is 4.49. The Balaban J connectivity index is 1.68. The predicted octanol–water partition coefficient (Wildman–Crippen LogP) is 4.02. The van der Waals surface area contributed by atoms with Gasteiger partial charge in [0.1, 0.15) is 0 Å². The van der Waals surface area contributed by atoms with Gasteiger partial charge in [-0.05, 0) is 48.7 Å². The van der Waals surface area contributed by atoms with Crippen LogP contribution in [0.5, 0.6) is 0 Å². The van der Waals surface area contributed by atoms with E-state index in [9.17, 15) is 4.79 Å². The van der Waals surface area contributed by atoms with Crippen molar-refractivity contribution in [3.05, 3.63) is 59.7 Å². The highest BCUT2D eigenvalue weighted by molar-refractivity contribution is 8.00. The first-order valence-corrected chi connectivity index (χ1v) is 7.89. The second-order valence-corrected chi connectivity index (χ2v) is 5.98. The minimum absolute atomic E-state index is 0.201. The van der Waals surface area contributed by atoms with Gasteiger partial charge in [-0.15, -0.1) is 11.8 Å². The molecule has 0 bridgehead atoms. The number of fused-ring (bicyclic) bond motifs is 1. The fourth-order valence-electron chi connectivity index (χ4n) is 2.40. The number of ketones is 1. The third-order valence-electron chi connectivity index (χ3n) is 3.48. The van der Waals surface area contributed by atoms with Crippen LogP contribution >= 0.6 is 11.8 Å². The smallest absolute Gasteiger partial charge is 0.173 e. The van der Waals surface area contributed by atoms with E-state index in [1.165, 1.54) is 11.3 Å². The van der Waals surface area contributed by atoms with Gasteiger partial charge in [-0.1, -0.05) is 18.2 Å². The van der Waals surface area contributed by atoms with Crippen LogP contribution in [0.2, 0.25) is 0 Å². The largest absolute Gasteiger partial charge is 0.385 e. The number of rotatable bonds is 4. The van der Waals surface area contributed by atoms with E-state index in [2.05, 4.69) is 11.4 Å². The number of aryl methyl sites for hydroxylation is 1. The Morgan fingerprint density at radius 2 is 2.00 bits per heavy atom. The van der Waals surface area contributed by atoms with E-state index in [1.807, 2.05) is 42.5 Å². The zero-order valence-electron chi connectivity index (χ0n) is 11.3. The molecule has 0 fully saturated rings. The van der Waals surface area contributed by atoms with Gasteiger partial charge < -0.3 is 5.32 Å². The molecule has 2 nitrogen and oxygen atoms in total. The maximum absolute atomic E-state index is 12.3. The Bertz CT molecular complexity index is 610. The summed E-state index contributed by atoms with van der Waals surface area (Å²) in [7, 11) is 0. The molecule has 20 heavy (non-hydrogen) atoms. The molecule has 1 aliphatic rings. The standard InChI is InChI=1S/C17H17NOS/c19-17(12-20-15-6-2-1-3-7-15)14-8-9-16-13(11-14)5-4-10-18-16/h1-3,6-9,11,18H,4-5,10,12H2. The number of nitrogens with one attached hydrogen (secondary N) is 1. The van der Waals surface area contributed by atoms with E-state index in [4.69, 9.17) is 0 Å². The van der Waals surface area contributed by atoms with E-state index < -0.39 is 0 Å². The van der Waals surface area contributed by atoms with Gasteiger partial charge in [0.15, 0.2) is 5.78 Å². The number of anilines is 1. The fraction of sp³-hybridized carbons (Fsp3) is 0.235. The molecule has 0 spiro atoms. The summed E-state index contributed by atoms with van der Waals surface area (Å²) < 4.78 is 0. The SMILES string of the molecule is O=C(CSc1ccccc1)c1ccc2c(c1)CCCN2. The number of hydrogen-bond donors (Lipinski definition) is 1. The van der Waals surface area contributed by atoms with Crippen molar-refractivity contribution in [2.24, 2.45) is 0 Å². The highest BCUT2D eigenvalue weighted by atomic mass is 32.2. The molecule has 2 aromatic rings. The number of carbonyl (C=O) groups is 1. The molecule has 0 radical (unpaired) electrons. The molecule has 2 aromatic carbocycles. The Kier molecular flexibility index (Phi) is 4.07. The van der Waals surface area contributed by atoms with E-state index in [0.717, 1.165) is 29.8 Å². The average Bonchev–Trinajstić information content (AvgIpc) is 2.53. The molecular formula is C17H17NOS. The van der Waals surface area contributed by atoms with Crippen LogP contribution in [0.4, 0.5) is 5.69 Å². The highest BCUT2D eigenvalue weighted by Gasteiger charge is 2.12. The van der Waals surface area contributed by atoms with Crippen molar-refractivity contribution < 1.29 is 4.79 Å². The molecule has 0 aliphatic carbocycles. The molecule has 0 atom stereocenters. The first-order valence-electron chi connectivity index (χ1n) is 6.91. The van der Waals surface area contributed by atoms with Gasteiger partial charge in [-0.2, -0.15) is 0 Å². The highest BCUT2D eigenvalue weighted by Crippen LogP contribution is 2.24. The minimum atomic E-state index is 0.201. The molecule has 1 N–H and O–H groups in total. The first kappa shape index (κ1) is 13.3. The normalized spacial score (nSPS) is 13.4. The number of benzene rings is 2. The lowest BCUT2D eigenvalue weighted by Crippen LogP contribution is -2.13. The second kappa shape index (κ2) is 6.14. The van der Waals surface area contributed by atoms with Gasteiger partial charge in [0, 0.05) is 22.7 Å². The van der Waals surface area contributed by atoms with Crippen molar-refractivity contribution in [3.63, 3.8) is 0 Å². The lowest BCUT2D eigenvalue weighted by Gasteiger charge is -2.18. The summed E-state index contributed by atoms with van der Waals surface area (Å²) in [6, 6.07) is 16.1. The Hall–Kier alpha value is -1.74. The van der Waals surface area contributed by atoms with Crippen LogP contribution in [0, 0.1) is 0 Å². The molecule has 0 saturated heterocycles. The quantitative estimate of drug-likeness (QED) is 0.679. The van der Waals surface area contributed by atoms with Crippen LogP contribution in [0.1, 0.15) is 22.3 Å². The summed E-state index contributed by atoms with van der Waals surface area (Å²) >= 11 is 1.60. The number of hydrogen-bond acceptors (Lipinski definition) is 3. The van der Waals surface area contributed by atoms with Crippen LogP contribution < -0.4 is 5.32 Å². The first-order chi connectivity index (χ1) is 9.83. The van der Waals surface area contributed by atoms with Crippen molar-refractivity contribution in [1.29, 1.82) is 0 Å². The minimum Gasteiger partial charge on any atom is -0.385 e. The molecule has 1 aliphatic heterocycles. The maximum Gasteiger partial charge on any atom is 0.173 e. The molecule has 0 saturated carbocycles. The Morgan fingerprint density at radius 1 is 1.15 bits per heavy atom. The van der Waals surface area contributed by atoms with Gasteiger partial charge in [-0.3, -0.25) is 4.79 Å². The molecule has 3 heteroatoms. The summed E-state index contributed by atoms with van der Waals surface area (Å²) in [5.74, 6) is 0.697. The van der Waals surface area contributed by atoms with E-state index in [0.29, 0.717) is 5.75 Å². The van der Waals surface area contributed by atoms with Crippen LogP contribution in [0.3, 0.4) is 0 Å². The van der Waals surface area contributed by atoms with E-state index in [1.54, 1.807) is 11.8 Å². The Morgan fingerprint density at radius 3 is 2.85 bits per heavy atom. The lowest BCUT2D eigenvalue weighted by molar-refractivity contribution is 0.102. The number of Topliss-reactive ketones (excluding diaryl/α,β-unsaturated/α-hetero) is 1. The lowest BCUT2D eigenvalue weighted by atomic mass is 9.99. The molecule has 102 valence electrons. The summed E-state index contributed by atoms with van der Waals surface area (Å²) in [4.78, 5) is 13.4. The van der Waals surface area contributed by atoms with Crippen molar-refractivity contribution in [1.82, 2.24) is 0 Å². The summed E-state index contributed by atoms with van der Waals surface area (Å²) in [6.07, 6.45) is 2.21. The Labute approximate surface area is 123 Å². The van der Waals surface area contributed by atoms with Gasteiger partial charge >= 0.3 is 0 Å². The van der Waals surface area contributed by atoms with Crippen LogP contribution in [0.25, 0.3) is 0 Å². The van der Waals surface area contributed by atoms with Crippen LogP contribution in [-0.4, -0.2) is 18.1 Å². The molecule has 0 aromatic heterocycles. The number of carbonyl (C=O) groups excluding carboxylic acids is 1. The van der Waals surface area contributed by atoms with E-state index >= 15 is 0 Å². The summed E-state index contributed by atoms with van der Waals surface area (Å²) in [5, 5.41) is 3.37. The monoisotopic (exact) mass is 283 g/mol. The topological polar surface area (TPSA) is 29.1 Å². The van der Waals surface area contributed by atoms with Crippen molar-refractivity contribution >= 4 is 23.2 Å². The molecule has 0 amide bonds. The van der Waals surface area contributed by atoms with Gasteiger partial charge in [-0.25, -0.2) is 0 Å². The zero-order valence-corrected chi connectivity index (χ0v) is 12.1. The van der Waals surface area contributed by atoms with Crippen LogP contribution in [0.15, 0.2) is 53.4 Å². The van der Waals surface area contributed by atoms with Crippen LogP contribution in [-0.2, 0) is 6.42 Å². The fourth-order valence-corrected chi connectivity index (χ4v) is 3.21. The molecule has 1 heterocycles. The zero-order chi connectivity index (χ0) is 13.8. The third kappa shape index (κ3) is 3.05. The van der Waals surface area contributed by atoms with Gasteiger partial charge in [0.2, 0.25) is 0 Å². The van der Waals surface area contributed by atoms with E-state index in [-0.39, 0.29) is 5.78 Å². The maximum atomic E-state index is 12.3. The average molecular weight is 283 g/mol. The van der Waals surface area contributed by atoms with Crippen molar-refractivity contribution in [2.75, 3.05) is 17.6 Å². The van der Waals surface area contributed by atoms with Crippen molar-refractivity contribution in [3.8, 4) is 0 Å².